The molecule has 1 atom stereocenters. The molecule has 1 unspecified atom stereocenters. The molecule has 0 spiro atoms. The predicted octanol–water partition coefficient (Wildman–Crippen LogP) is 2.32. The van der Waals surface area contributed by atoms with Crippen LogP contribution in [0.15, 0.2) is 66.1 Å². The van der Waals surface area contributed by atoms with E-state index in [4.69, 9.17) is 0 Å². The zero-order chi connectivity index (χ0) is 20.7. The number of sulfonamides is 1. The number of nitrogens with one attached hydrogen (secondary N) is 2. The number of carbonyl (C=O) groups is 1. The number of hydrogen-bond acceptors (Lipinski definition) is 4. The zero-order valence-corrected chi connectivity index (χ0v) is 16.7. The normalized spacial score (nSPS) is 12.6. The molecule has 0 aliphatic heterocycles. The van der Waals surface area contributed by atoms with Crippen molar-refractivity contribution in [3.63, 3.8) is 0 Å². The number of nitrogens with zero attached hydrogens (tertiary/aromatic N) is 1. The van der Waals surface area contributed by atoms with Crippen LogP contribution in [-0.2, 0) is 10.0 Å². The highest BCUT2D eigenvalue weighted by Gasteiger charge is 2.20. The lowest BCUT2D eigenvalue weighted by molar-refractivity contribution is 0.0958. The number of rotatable bonds is 9. The summed E-state index contributed by atoms with van der Waals surface area (Å²) in [7, 11) is -0.208. The second-order valence-electron chi connectivity index (χ2n) is 6.41. The zero-order valence-electron chi connectivity index (χ0n) is 15.9. The first-order valence-corrected chi connectivity index (χ1v) is 10.1. The van der Waals surface area contributed by atoms with E-state index in [1.165, 1.54) is 36.4 Å². The lowest BCUT2D eigenvalue weighted by Crippen LogP contribution is -2.34. The molecule has 0 bridgehead atoms. The molecule has 0 heterocycles. The maximum atomic E-state index is 13.2. The van der Waals surface area contributed by atoms with E-state index >= 15 is 0 Å². The minimum Gasteiger partial charge on any atom is -0.349 e. The molecule has 2 aromatic rings. The predicted molar refractivity (Wildman–Crippen MR) is 107 cm³/mol. The third-order valence-corrected chi connectivity index (χ3v) is 5.58. The molecule has 150 valence electrons. The molecule has 0 saturated heterocycles. The van der Waals surface area contributed by atoms with Crippen molar-refractivity contribution >= 4 is 15.9 Å². The third-order valence-electron chi connectivity index (χ3n) is 4.16. The summed E-state index contributed by atoms with van der Waals surface area (Å²) in [5.74, 6) is -0.734. The summed E-state index contributed by atoms with van der Waals surface area (Å²) in [5.41, 5.74) is 1.03. The van der Waals surface area contributed by atoms with Gasteiger partial charge in [0, 0.05) is 24.7 Å². The Kier molecular flexibility index (Phi) is 7.45. The summed E-state index contributed by atoms with van der Waals surface area (Å²) < 4.78 is 41.1. The van der Waals surface area contributed by atoms with Crippen molar-refractivity contribution in [2.24, 2.45) is 0 Å². The van der Waals surface area contributed by atoms with Gasteiger partial charge in [-0.3, -0.25) is 4.79 Å². The minimum absolute atomic E-state index is 0.00429. The highest BCUT2D eigenvalue weighted by Crippen LogP contribution is 2.19. The van der Waals surface area contributed by atoms with Crippen LogP contribution in [0, 0.1) is 5.82 Å². The summed E-state index contributed by atoms with van der Waals surface area (Å²) in [6.45, 7) is 3.90. The van der Waals surface area contributed by atoms with Gasteiger partial charge in [-0.2, -0.15) is 0 Å². The summed E-state index contributed by atoms with van der Waals surface area (Å²) in [6, 6.07) is 11.4. The lowest BCUT2D eigenvalue weighted by Gasteiger charge is -2.25. The van der Waals surface area contributed by atoms with Crippen LogP contribution in [-0.4, -0.2) is 46.4 Å². The Bertz CT molecular complexity index is 928. The summed E-state index contributed by atoms with van der Waals surface area (Å²) in [5, 5.41) is 2.61. The monoisotopic (exact) mass is 405 g/mol. The van der Waals surface area contributed by atoms with Crippen molar-refractivity contribution in [3.05, 3.63) is 78.1 Å². The molecule has 2 aromatic carbocycles. The maximum Gasteiger partial charge on any atom is 0.251 e. The molecule has 2 N–H and O–H groups in total. The van der Waals surface area contributed by atoms with E-state index < -0.39 is 10.0 Å². The highest BCUT2D eigenvalue weighted by molar-refractivity contribution is 7.89. The van der Waals surface area contributed by atoms with E-state index in [2.05, 4.69) is 16.6 Å². The van der Waals surface area contributed by atoms with E-state index in [0.717, 1.165) is 5.56 Å². The summed E-state index contributed by atoms with van der Waals surface area (Å²) >= 11 is 0. The van der Waals surface area contributed by atoms with Gasteiger partial charge in [-0.05, 0) is 50.0 Å². The Labute approximate surface area is 165 Å². The highest BCUT2D eigenvalue weighted by atomic mass is 32.2. The largest absolute Gasteiger partial charge is 0.349 e. The van der Waals surface area contributed by atoms with Crippen LogP contribution in [0.3, 0.4) is 0 Å². The number of amides is 1. The molecular formula is C20H24FN3O3S. The molecule has 8 heteroatoms. The van der Waals surface area contributed by atoms with E-state index in [1.807, 2.05) is 19.0 Å². The van der Waals surface area contributed by atoms with E-state index in [0.29, 0.717) is 0 Å². The van der Waals surface area contributed by atoms with E-state index in [-0.39, 0.29) is 41.3 Å². The van der Waals surface area contributed by atoms with Crippen LogP contribution in [0.4, 0.5) is 4.39 Å². The van der Waals surface area contributed by atoms with Crippen molar-refractivity contribution < 1.29 is 17.6 Å². The summed E-state index contributed by atoms with van der Waals surface area (Å²) in [4.78, 5) is 13.9. The molecule has 6 nitrogen and oxygen atoms in total. The van der Waals surface area contributed by atoms with E-state index in [9.17, 15) is 17.6 Å². The third kappa shape index (κ3) is 5.72. The first-order chi connectivity index (χ1) is 13.2. The molecule has 0 fully saturated rings. The fourth-order valence-corrected chi connectivity index (χ4v) is 3.71. The molecule has 1 amide bonds. The van der Waals surface area contributed by atoms with Gasteiger partial charge in [0.1, 0.15) is 5.82 Å². The number of carbonyl (C=O) groups excluding carboxylic acids is 1. The SMILES string of the molecule is C=CCNC(=O)c1cccc(S(=O)(=O)NCC(c2ccc(F)cc2)N(C)C)c1. The number of likely N-dealkylation sites (N-methyl/N-ethyl adjacent to an activating group) is 1. The lowest BCUT2D eigenvalue weighted by atomic mass is 10.1. The molecule has 2 rings (SSSR count). The van der Waals surface area contributed by atoms with Crippen LogP contribution >= 0.6 is 0 Å². The van der Waals surface area contributed by atoms with Crippen LogP contribution in [0.2, 0.25) is 0 Å². The molecule has 0 radical (unpaired) electrons. The second-order valence-corrected chi connectivity index (χ2v) is 8.18. The van der Waals surface area contributed by atoms with Gasteiger partial charge in [-0.25, -0.2) is 17.5 Å². The smallest absolute Gasteiger partial charge is 0.251 e. The van der Waals surface area contributed by atoms with Crippen LogP contribution in [0.1, 0.15) is 22.0 Å². The molecule has 0 aliphatic rings. The molecule has 28 heavy (non-hydrogen) atoms. The number of hydrogen-bond donors (Lipinski definition) is 2. The Morgan fingerprint density at radius 3 is 2.50 bits per heavy atom. The average molecular weight is 405 g/mol. The van der Waals surface area contributed by atoms with Gasteiger partial charge in [0.2, 0.25) is 10.0 Å². The van der Waals surface area contributed by atoms with Crippen molar-refractivity contribution in [2.75, 3.05) is 27.2 Å². The summed E-state index contributed by atoms with van der Waals surface area (Å²) in [6.07, 6.45) is 1.54. The van der Waals surface area contributed by atoms with Gasteiger partial charge in [0.25, 0.3) is 5.91 Å². The fraction of sp³-hybridized carbons (Fsp3) is 0.250. The van der Waals surface area contributed by atoms with Crippen LogP contribution < -0.4 is 10.0 Å². The Morgan fingerprint density at radius 2 is 1.89 bits per heavy atom. The standard InChI is InChI=1S/C20H24FN3O3S/c1-4-12-22-20(25)16-6-5-7-18(13-16)28(26,27)23-14-19(24(2)3)15-8-10-17(21)11-9-15/h4-11,13,19,23H,1,12,14H2,2-3H3,(H,22,25). The maximum absolute atomic E-state index is 13.2. The van der Waals surface area contributed by atoms with Crippen molar-refractivity contribution in [1.82, 2.24) is 14.9 Å². The van der Waals surface area contributed by atoms with Gasteiger partial charge in [0.15, 0.2) is 0 Å². The topological polar surface area (TPSA) is 78.5 Å². The Morgan fingerprint density at radius 1 is 1.21 bits per heavy atom. The Balaban J connectivity index is 2.17. The molecule has 0 aliphatic carbocycles. The van der Waals surface area contributed by atoms with Crippen molar-refractivity contribution in [3.8, 4) is 0 Å². The van der Waals surface area contributed by atoms with Crippen molar-refractivity contribution in [1.29, 1.82) is 0 Å². The number of halogens is 1. The average Bonchev–Trinajstić information content (AvgIpc) is 2.67. The number of benzene rings is 2. The molecule has 0 saturated carbocycles. The van der Waals surface area contributed by atoms with Gasteiger partial charge >= 0.3 is 0 Å². The van der Waals surface area contributed by atoms with Gasteiger partial charge in [-0.15, -0.1) is 6.58 Å². The fourth-order valence-electron chi connectivity index (χ4n) is 2.63. The van der Waals surface area contributed by atoms with Crippen LogP contribution in [0.25, 0.3) is 0 Å². The van der Waals surface area contributed by atoms with E-state index in [1.54, 1.807) is 18.2 Å². The first kappa shape index (κ1) is 21.7. The first-order valence-electron chi connectivity index (χ1n) is 8.65. The quantitative estimate of drug-likeness (QED) is 0.628. The molecular weight excluding hydrogens is 381 g/mol. The molecule has 0 aromatic heterocycles. The van der Waals surface area contributed by atoms with Gasteiger partial charge in [0.05, 0.1) is 4.90 Å². The Hall–Kier alpha value is -2.55. The van der Waals surface area contributed by atoms with Crippen LogP contribution in [0.5, 0.6) is 0 Å². The van der Waals surface area contributed by atoms with Gasteiger partial charge in [-0.1, -0.05) is 24.3 Å². The van der Waals surface area contributed by atoms with Gasteiger partial charge < -0.3 is 10.2 Å². The van der Waals surface area contributed by atoms with Crippen molar-refractivity contribution in [2.45, 2.75) is 10.9 Å². The second kappa shape index (κ2) is 9.59. The minimum atomic E-state index is -3.83.